The number of unbranched alkanes of at least 4 members (excludes halogenated alkanes) is 1. The van der Waals surface area contributed by atoms with Crippen LogP contribution in [-0.2, 0) is 4.79 Å². The van der Waals surface area contributed by atoms with Crippen molar-refractivity contribution in [1.29, 1.82) is 0 Å². The highest BCUT2D eigenvalue weighted by Gasteiger charge is 2.21. The largest absolute Gasteiger partial charge is 0.481 e. The van der Waals surface area contributed by atoms with Gasteiger partial charge in [-0.15, -0.1) is 0 Å². The van der Waals surface area contributed by atoms with Crippen molar-refractivity contribution in [2.24, 2.45) is 0 Å². The Morgan fingerprint density at radius 1 is 1.38 bits per heavy atom. The standard InChI is InChI=1S/C12H12BrFN2O5/c13-11-8(5-7(14)6-9(11)16(20)21)12(19)15-4-2-1-3-10(17)18/h5-6H,1-4H2,(H,15,19)(H,17,18). The monoisotopic (exact) mass is 362 g/mol. The van der Waals surface area contributed by atoms with Gasteiger partial charge in [0.05, 0.1) is 16.6 Å². The molecule has 21 heavy (non-hydrogen) atoms. The van der Waals surface area contributed by atoms with Gasteiger partial charge in [-0.05, 0) is 34.8 Å². The van der Waals surface area contributed by atoms with Gasteiger partial charge >= 0.3 is 5.97 Å². The van der Waals surface area contributed by atoms with E-state index in [2.05, 4.69) is 21.2 Å². The van der Waals surface area contributed by atoms with Crippen molar-refractivity contribution >= 4 is 33.5 Å². The zero-order valence-corrected chi connectivity index (χ0v) is 12.4. The smallest absolute Gasteiger partial charge is 0.303 e. The summed E-state index contributed by atoms with van der Waals surface area (Å²) in [7, 11) is 0. The molecular weight excluding hydrogens is 351 g/mol. The molecule has 0 spiro atoms. The summed E-state index contributed by atoms with van der Waals surface area (Å²) in [5.41, 5.74) is -0.717. The van der Waals surface area contributed by atoms with Crippen molar-refractivity contribution in [3.8, 4) is 0 Å². The molecule has 0 bridgehead atoms. The summed E-state index contributed by atoms with van der Waals surface area (Å²) in [6, 6.07) is 1.61. The molecule has 1 aromatic rings. The van der Waals surface area contributed by atoms with Gasteiger partial charge in [0, 0.05) is 13.0 Å². The zero-order chi connectivity index (χ0) is 16.0. The third-order valence-electron chi connectivity index (χ3n) is 2.56. The van der Waals surface area contributed by atoms with E-state index in [9.17, 15) is 24.1 Å². The molecule has 2 N–H and O–H groups in total. The Bertz CT molecular complexity index is 579. The van der Waals surface area contributed by atoms with Crippen LogP contribution in [0.2, 0.25) is 0 Å². The molecule has 9 heteroatoms. The molecule has 7 nitrogen and oxygen atoms in total. The predicted octanol–water partition coefficient (Wildman–Crippen LogP) is 2.48. The van der Waals surface area contributed by atoms with Crippen LogP contribution < -0.4 is 5.32 Å². The molecule has 0 aliphatic heterocycles. The number of halogens is 2. The Labute approximate surface area is 127 Å². The van der Waals surface area contributed by atoms with Crippen LogP contribution in [0.25, 0.3) is 0 Å². The third kappa shape index (κ3) is 5.10. The summed E-state index contributed by atoms with van der Waals surface area (Å²) >= 11 is 2.91. The molecule has 0 aromatic heterocycles. The Balaban J connectivity index is 2.70. The fourth-order valence-electron chi connectivity index (χ4n) is 1.57. The van der Waals surface area contributed by atoms with Crippen LogP contribution in [-0.4, -0.2) is 28.5 Å². The third-order valence-corrected chi connectivity index (χ3v) is 3.40. The number of nitro benzene ring substituents is 1. The summed E-state index contributed by atoms with van der Waals surface area (Å²) in [5.74, 6) is -2.48. The van der Waals surface area contributed by atoms with Crippen LogP contribution in [0.1, 0.15) is 29.6 Å². The van der Waals surface area contributed by atoms with Crippen LogP contribution in [0, 0.1) is 15.9 Å². The maximum Gasteiger partial charge on any atom is 0.303 e. The highest BCUT2D eigenvalue weighted by molar-refractivity contribution is 9.10. The summed E-state index contributed by atoms with van der Waals surface area (Å²) in [5, 5.41) is 21.6. The van der Waals surface area contributed by atoms with Gasteiger partial charge < -0.3 is 10.4 Å². The molecule has 1 rings (SSSR count). The molecular formula is C12H12BrFN2O5. The lowest BCUT2D eigenvalue weighted by molar-refractivity contribution is -0.385. The van der Waals surface area contributed by atoms with Crippen LogP contribution in [0.3, 0.4) is 0 Å². The van der Waals surface area contributed by atoms with Crippen molar-refractivity contribution in [2.45, 2.75) is 19.3 Å². The Morgan fingerprint density at radius 2 is 2.05 bits per heavy atom. The van der Waals surface area contributed by atoms with Gasteiger partial charge in [-0.25, -0.2) is 4.39 Å². The van der Waals surface area contributed by atoms with Gasteiger partial charge in [-0.1, -0.05) is 0 Å². The van der Waals surface area contributed by atoms with E-state index < -0.39 is 28.3 Å². The van der Waals surface area contributed by atoms with Crippen LogP contribution >= 0.6 is 15.9 Å². The molecule has 0 fully saturated rings. The van der Waals surface area contributed by atoms with Crippen LogP contribution in [0.15, 0.2) is 16.6 Å². The molecule has 0 heterocycles. The summed E-state index contributed by atoms with van der Waals surface area (Å²) in [6.45, 7) is 0.197. The van der Waals surface area contributed by atoms with Gasteiger partial charge in [0.1, 0.15) is 10.3 Å². The topological polar surface area (TPSA) is 110 Å². The second-order valence-electron chi connectivity index (χ2n) is 4.15. The minimum atomic E-state index is -0.926. The number of nitro groups is 1. The molecule has 0 aliphatic carbocycles. The molecule has 0 atom stereocenters. The molecule has 0 unspecified atom stereocenters. The number of carboxylic acids is 1. The van der Waals surface area contributed by atoms with Gasteiger partial charge in [0.2, 0.25) is 0 Å². The summed E-state index contributed by atoms with van der Waals surface area (Å²) in [6.07, 6.45) is 0.818. The SMILES string of the molecule is O=C(O)CCCCNC(=O)c1cc(F)cc([N+](=O)[O-])c1Br. The number of carbonyl (C=O) groups excluding carboxylic acids is 1. The number of hydrogen-bond acceptors (Lipinski definition) is 4. The van der Waals surface area contributed by atoms with E-state index in [4.69, 9.17) is 5.11 Å². The van der Waals surface area contributed by atoms with E-state index in [1.807, 2.05) is 0 Å². The molecule has 1 amide bonds. The average molecular weight is 363 g/mol. The fourth-order valence-corrected chi connectivity index (χ4v) is 2.13. The number of nitrogens with zero attached hydrogens (tertiary/aromatic N) is 1. The van der Waals surface area contributed by atoms with Crippen LogP contribution in [0.5, 0.6) is 0 Å². The van der Waals surface area contributed by atoms with E-state index in [1.165, 1.54) is 0 Å². The zero-order valence-electron chi connectivity index (χ0n) is 10.8. The first-order valence-electron chi connectivity index (χ1n) is 5.96. The second-order valence-corrected chi connectivity index (χ2v) is 4.94. The maximum atomic E-state index is 13.3. The minimum Gasteiger partial charge on any atom is -0.481 e. The molecule has 0 saturated carbocycles. The first-order valence-corrected chi connectivity index (χ1v) is 6.75. The second kappa shape index (κ2) is 7.67. The van der Waals surface area contributed by atoms with E-state index in [-0.39, 0.29) is 23.0 Å². The summed E-state index contributed by atoms with van der Waals surface area (Å²) in [4.78, 5) is 32.1. The first kappa shape index (κ1) is 17.0. The van der Waals surface area contributed by atoms with E-state index in [1.54, 1.807) is 0 Å². The number of hydrogen-bond donors (Lipinski definition) is 2. The molecule has 114 valence electrons. The number of carboxylic acid groups (broad SMARTS) is 1. The highest BCUT2D eigenvalue weighted by Crippen LogP contribution is 2.29. The Morgan fingerprint density at radius 3 is 2.62 bits per heavy atom. The number of rotatable bonds is 7. The van der Waals surface area contributed by atoms with Gasteiger partial charge in [0.25, 0.3) is 11.6 Å². The lowest BCUT2D eigenvalue weighted by Gasteiger charge is -2.07. The quantitative estimate of drug-likeness (QED) is 0.439. The van der Waals surface area contributed by atoms with Crippen molar-refractivity contribution in [3.05, 3.63) is 38.1 Å². The predicted molar refractivity (Wildman–Crippen MR) is 74.6 cm³/mol. The lowest BCUT2D eigenvalue weighted by atomic mass is 10.1. The fraction of sp³-hybridized carbons (Fsp3) is 0.333. The summed E-state index contributed by atoms with van der Waals surface area (Å²) < 4.78 is 13.2. The minimum absolute atomic E-state index is 0.00893. The molecule has 0 saturated heterocycles. The Hall–Kier alpha value is -2.03. The molecule has 0 aliphatic rings. The van der Waals surface area contributed by atoms with E-state index in [0.717, 1.165) is 6.07 Å². The maximum absolute atomic E-state index is 13.3. The highest BCUT2D eigenvalue weighted by atomic mass is 79.9. The average Bonchev–Trinajstić information content (AvgIpc) is 2.39. The Kier molecular flexibility index (Phi) is 6.22. The number of benzene rings is 1. The number of carbonyl (C=O) groups is 2. The normalized spacial score (nSPS) is 10.2. The van der Waals surface area contributed by atoms with Crippen molar-refractivity contribution in [1.82, 2.24) is 5.32 Å². The van der Waals surface area contributed by atoms with Gasteiger partial charge in [0.15, 0.2) is 0 Å². The first-order chi connectivity index (χ1) is 9.82. The number of nitrogens with one attached hydrogen (secondary N) is 1. The number of amides is 1. The van der Waals surface area contributed by atoms with Crippen molar-refractivity contribution in [3.63, 3.8) is 0 Å². The van der Waals surface area contributed by atoms with Crippen LogP contribution in [0.4, 0.5) is 10.1 Å². The van der Waals surface area contributed by atoms with Gasteiger partial charge in [-0.3, -0.25) is 19.7 Å². The van der Waals surface area contributed by atoms with E-state index >= 15 is 0 Å². The van der Waals surface area contributed by atoms with Gasteiger partial charge in [-0.2, -0.15) is 0 Å². The lowest BCUT2D eigenvalue weighted by Crippen LogP contribution is -2.25. The van der Waals surface area contributed by atoms with E-state index in [0.29, 0.717) is 18.9 Å². The molecule has 0 radical (unpaired) electrons. The number of aliphatic carboxylic acids is 1. The molecule has 1 aromatic carbocycles. The van der Waals surface area contributed by atoms with Crippen molar-refractivity contribution in [2.75, 3.05) is 6.54 Å². The van der Waals surface area contributed by atoms with Crippen molar-refractivity contribution < 1.29 is 24.0 Å².